The van der Waals surface area contributed by atoms with Gasteiger partial charge in [-0.3, -0.25) is 4.79 Å². The molecule has 0 N–H and O–H groups in total. The van der Waals surface area contributed by atoms with Gasteiger partial charge >= 0.3 is 0 Å². The second-order valence-corrected chi connectivity index (χ2v) is 4.91. The van der Waals surface area contributed by atoms with Crippen LogP contribution >= 0.6 is 15.9 Å². The molecule has 0 radical (unpaired) electrons. The van der Waals surface area contributed by atoms with Gasteiger partial charge in [0.2, 0.25) is 5.78 Å². The first-order valence-corrected chi connectivity index (χ1v) is 6.58. The van der Waals surface area contributed by atoms with Crippen LogP contribution in [0.25, 0.3) is 0 Å². The van der Waals surface area contributed by atoms with Gasteiger partial charge < -0.3 is 9.47 Å². The highest BCUT2D eigenvalue weighted by Crippen LogP contribution is 2.30. The highest BCUT2D eigenvalue weighted by molar-refractivity contribution is 9.10. The monoisotopic (exact) mass is 338 g/mol. The summed E-state index contributed by atoms with van der Waals surface area (Å²) in [6, 6.07) is 9.23. The van der Waals surface area contributed by atoms with Crippen molar-refractivity contribution in [1.29, 1.82) is 0 Å². The van der Waals surface area contributed by atoms with Gasteiger partial charge in [-0.15, -0.1) is 0 Å². The minimum Gasteiger partial charge on any atom is -0.496 e. The average molecular weight is 339 g/mol. The van der Waals surface area contributed by atoms with Crippen LogP contribution in [0.15, 0.2) is 40.9 Å². The minimum absolute atomic E-state index is 0.105. The molecule has 0 saturated heterocycles. The molecular weight excluding hydrogens is 327 g/mol. The maximum absolute atomic E-state index is 14.0. The number of methoxy groups -OCH3 is 2. The summed E-state index contributed by atoms with van der Waals surface area (Å²) in [4.78, 5) is 12.6. The predicted molar refractivity (Wildman–Crippen MR) is 77.1 cm³/mol. The van der Waals surface area contributed by atoms with E-state index in [1.807, 2.05) is 0 Å². The third kappa shape index (κ3) is 2.67. The van der Waals surface area contributed by atoms with E-state index in [0.717, 1.165) is 0 Å². The molecule has 104 valence electrons. The first kappa shape index (κ1) is 14.5. The van der Waals surface area contributed by atoms with Crippen molar-refractivity contribution in [2.75, 3.05) is 14.2 Å². The number of ether oxygens (including phenoxy) is 2. The van der Waals surface area contributed by atoms with E-state index in [1.165, 1.54) is 26.4 Å². The number of hydrogen-bond acceptors (Lipinski definition) is 3. The summed E-state index contributed by atoms with van der Waals surface area (Å²) in [6.45, 7) is 0. The SMILES string of the molecule is COc1ccc(Br)cc1C(=O)c1c(F)cccc1OC. The smallest absolute Gasteiger partial charge is 0.203 e. The Labute approximate surface area is 124 Å². The van der Waals surface area contributed by atoms with Crippen LogP contribution in [0.1, 0.15) is 15.9 Å². The molecule has 0 fully saturated rings. The summed E-state index contributed by atoms with van der Waals surface area (Å²) in [5, 5.41) is 0. The fourth-order valence-corrected chi connectivity index (χ4v) is 2.25. The molecule has 0 bridgehead atoms. The molecule has 0 aliphatic carbocycles. The standard InChI is InChI=1S/C15H12BrFO3/c1-19-12-7-6-9(16)8-10(12)15(18)14-11(17)4-3-5-13(14)20-2/h3-8H,1-2H3. The van der Waals surface area contributed by atoms with Crippen LogP contribution in [0.4, 0.5) is 4.39 Å². The first-order valence-electron chi connectivity index (χ1n) is 5.79. The summed E-state index contributed by atoms with van der Waals surface area (Å²) >= 11 is 3.29. The fourth-order valence-electron chi connectivity index (χ4n) is 1.89. The normalized spacial score (nSPS) is 10.2. The Bertz CT molecular complexity index is 656. The Morgan fingerprint density at radius 3 is 2.45 bits per heavy atom. The van der Waals surface area contributed by atoms with E-state index in [1.54, 1.807) is 24.3 Å². The van der Waals surface area contributed by atoms with Crippen LogP contribution in [0, 0.1) is 5.82 Å². The van der Waals surface area contributed by atoms with E-state index in [9.17, 15) is 9.18 Å². The Kier molecular flexibility index (Phi) is 4.39. The second-order valence-electron chi connectivity index (χ2n) is 3.99. The zero-order valence-electron chi connectivity index (χ0n) is 10.9. The average Bonchev–Trinajstić information content (AvgIpc) is 2.46. The van der Waals surface area contributed by atoms with Crippen molar-refractivity contribution in [2.24, 2.45) is 0 Å². The summed E-state index contributed by atoms with van der Waals surface area (Å²) in [6.07, 6.45) is 0. The number of benzene rings is 2. The summed E-state index contributed by atoms with van der Waals surface area (Å²) < 4.78 is 24.9. The molecule has 0 amide bonds. The van der Waals surface area contributed by atoms with Crippen molar-refractivity contribution in [3.8, 4) is 11.5 Å². The highest BCUT2D eigenvalue weighted by Gasteiger charge is 2.22. The molecule has 0 spiro atoms. The molecular formula is C15H12BrFO3. The van der Waals surface area contributed by atoms with Crippen molar-refractivity contribution < 1.29 is 18.7 Å². The Balaban J connectivity index is 2.60. The van der Waals surface area contributed by atoms with E-state index < -0.39 is 11.6 Å². The third-order valence-electron chi connectivity index (χ3n) is 2.83. The van der Waals surface area contributed by atoms with E-state index in [-0.39, 0.29) is 16.9 Å². The number of halogens is 2. The van der Waals surface area contributed by atoms with Crippen molar-refractivity contribution in [2.45, 2.75) is 0 Å². The molecule has 0 saturated carbocycles. The second kappa shape index (κ2) is 6.05. The Morgan fingerprint density at radius 1 is 1.10 bits per heavy atom. The Morgan fingerprint density at radius 2 is 1.80 bits per heavy atom. The van der Waals surface area contributed by atoms with Crippen molar-refractivity contribution in [3.63, 3.8) is 0 Å². The summed E-state index contributed by atoms with van der Waals surface area (Å²) in [7, 11) is 2.85. The third-order valence-corrected chi connectivity index (χ3v) is 3.32. The number of carbonyl (C=O) groups is 1. The molecule has 2 aromatic carbocycles. The van der Waals surface area contributed by atoms with Gasteiger partial charge in [0.25, 0.3) is 0 Å². The van der Waals surface area contributed by atoms with Crippen LogP contribution < -0.4 is 9.47 Å². The zero-order valence-corrected chi connectivity index (χ0v) is 12.5. The van der Waals surface area contributed by atoms with Gasteiger partial charge in [0.1, 0.15) is 22.9 Å². The van der Waals surface area contributed by atoms with Gasteiger partial charge in [-0.1, -0.05) is 22.0 Å². The van der Waals surface area contributed by atoms with Gasteiger partial charge in [0, 0.05) is 4.47 Å². The molecule has 3 nitrogen and oxygen atoms in total. The lowest BCUT2D eigenvalue weighted by Crippen LogP contribution is -2.08. The number of rotatable bonds is 4. The fraction of sp³-hybridized carbons (Fsp3) is 0.133. The number of hydrogen-bond donors (Lipinski definition) is 0. The van der Waals surface area contributed by atoms with Crippen molar-refractivity contribution in [3.05, 3.63) is 57.8 Å². The number of carbonyl (C=O) groups excluding carboxylic acids is 1. The zero-order chi connectivity index (χ0) is 14.7. The molecule has 0 aliphatic rings. The lowest BCUT2D eigenvalue weighted by atomic mass is 10.0. The van der Waals surface area contributed by atoms with Crippen LogP contribution in [-0.2, 0) is 0 Å². The first-order chi connectivity index (χ1) is 9.58. The van der Waals surface area contributed by atoms with E-state index in [4.69, 9.17) is 9.47 Å². The largest absolute Gasteiger partial charge is 0.496 e. The molecule has 0 heterocycles. The van der Waals surface area contributed by atoms with Crippen molar-refractivity contribution in [1.82, 2.24) is 0 Å². The molecule has 0 atom stereocenters. The number of ketones is 1. The van der Waals surface area contributed by atoms with Gasteiger partial charge in [-0.05, 0) is 30.3 Å². The van der Waals surface area contributed by atoms with Gasteiger partial charge in [0.05, 0.1) is 19.8 Å². The van der Waals surface area contributed by atoms with Crippen LogP contribution in [0.3, 0.4) is 0 Å². The summed E-state index contributed by atoms with van der Waals surface area (Å²) in [5.41, 5.74) is 0.164. The molecule has 0 aromatic heterocycles. The molecule has 20 heavy (non-hydrogen) atoms. The Hall–Kier alpha value is -1.88. The highest BCUT2D eigenvalue weighted by atomic mass is 79.9. The van der Waals surface area contributed by atoms with E-state index in [0.29, 0.717) is 10.2 Å². The lowest BCUT2D eigenvalue weighted by molar-refractivity contribution is 0.102. The van der Waals surface area contributed by atoms with Crippen LogP contribution in [-0.4, -0.2) is 20.0 Å². The van der Waals surface area contributed by atoms with E-state index >= 15 is 0 Å². The van der Waals surface area contributed by atoms with Crippen LogP contribution in [0.5, 0.6) is 11.5 Å². The van der Waals surface area contributed by atoms with Crippen molar-refractivity contribution >= 4 is 21.7 Å². The van der Waals surface area contributed by atoms with Gasteiger partial charge in [-0.2, -0.15) is 0 Å². The topological polar surface area (TPSA) is 35.5 Å². The quantitative estimate of drug-likeness (QED) is 0.794. The minimum atomic E-state index is -0.628. The summed E-state index contributed by atoms with van der Waals surface area (Å²) in [5.74, 6) is -0.546. The van der Waals surface area contributed by atoms with Crippen LogP contribution in [0.2, 0.25) is 0 Å². The molecule has 2 rings (SSSR count). The molecule has 0 unspecified atom stereocenters. The van der Waals surface area contributed by atoms with Gasteiger partial charge in [-0.25, -0.2) is 4.39 Å². The molecule has 5 heteroatoms. The maximum Gasteiger partial charge on any atom is 0.203 e. The predicted octanol–water partition coefficient (Wildman–Crippen LogP) is 3.84. The molecule has 0 aliphatic heterocycles. The lowest BCUT2D eigenvalue weighted by Gasteiger charge is -2.11. The van der Waals surface area contributed by atoms with Gasteiger partial charge in [0.15, 0.2) is 0 Å². The molecule has 2 aromatic rings. The maximum atomic E-state index is 14.0. The van der Waals surface area contributed by atoms with E-state index in [2.05, 4.69) is 15.9 Å².